The van der Waals surface area contributed by atoms with Crippen LogP contribution in [0.2, 0.25) is 0 Å². The number of ether oxygens (including phenoxy) is 1. The lowest BCUT2D eigenvalue weighted by Crippen LogP contribution is -2.43. The molecule has 1 aliphatic rings. The number of halogens is 9. The van der Waals surface area contributed by atoms with Crippen LogP contribution in [0.4, 0.5) is 45.2 Å². The van der Waals surface area contributed by atoms with Crippen LogP contribution in [0.1, 0.15) is 77.7 Å². The Balaban J connectivity index is 1.73. The van der Waals surface area contributed by atoms with Crippen LogP contribution < -0.4 is 9.64 Å². The van der Waals surface area contributed by atoms with Crippen molar-refractivity contribution in [2.75, 3.05) is 18.6 Å². The van der Waals surface area contributed by atoms with E-state index < -0.39 is 115 Å². The van der Waals surface area contributed by atoms with E-state index in [1.807, 2.05) is 26.8 Å². The number of methoxy groups -OCH3 is 1. The summed E-state index contributed by atoms with van der Waals surface area (Å²) >= 11 is 0. The number of anilines is 1. The number of nitrogens with zero attached hydrogens (tertiary/aromatic N) is 2. The number of carboxylic acid groups (broad SMARTS) is 1. The highest BCUT2D eigenvalue weighted by Gasteiger charge is 2.40. The summed E-state index contributed by atoms with van der Waals surface area (Å²) in [6, 6.07) is 8.63. The largest absolute Gasteiger partial charge is 0.495 e. The van der Waals surface area contributed by atoms with Crippen molar-refractivity contribution in [1.82, 2.24) is 4.31 Å². The van der Waals surface area contributed by atoms with Gasteiger partial charge in [0.2, 0.25) is 21.7 Å². The third kappa shape index (κ3) is 7.94. The number of carboxylic acids is 1. The normalized spacial score (nSPS) is 13.3. The van der Waals surface area contributed by atoms with Gasteiger partial charge in [-0.05, 0) is 66.0 Å². The van der Waals surface area contributed by atoms with Gasteiger partial charge in [-0.1, -0.05) is 39.0 Å². The third-order valence-corrected chi connectivity index (χ3v) is 11.1. The highest BCUT2D eigenvalue weighted by Crippen LogP contribution is 2.42. The summed E-state index contributed by atoms with van der Waals surface area (Å²) in [5.74, 6) is -25.2. The first-order chi connectivity index (χ1) is 26.0. The molecule has 300 valence electrons. The zero-order valence-corrected chi connectivity index (χ0v) is 31.1. The van der Waals surface area contributed by atoms with Crippen LogP contribution in [0, 0.1) is 59.3 Å². The standard InChI is InChI=1S/C38H33F9N2O6S/c1-17-27(39)31(43)35(47)36(28(17)40)56(53,54)48(15-23-29(41)32(44)34(46)33(45)30(23)42)16-26(50)49(24-9-8-20(37(51)52)13-25(24)55-5)14-18-10-21(19-6-7-19)12-22(11-18)38(2,3)4/h8-13,19H,6-7,14-16H2,1-5H3,(H,51,52). The molecule has 0 spiro atoms. The van der Waals surface area contributed by atoms with Gasteiger partial charge in [-0.3, -0.25) is 4.79 Å². The van der Waals surface area contributed by atoms with Gasteiger partial charge in [0.15, 0.2) is 51.4 Å². The highest BCUT2D eigenvalue weighted by atomic mass is 32.2. The average molecular weight is 817 g/mol. The van der Waals surface area contributed by atoms with E-state index in [2.05, 4.69) is 0 Å². The quantitative estimate of drug-likeness (QED) is 0.0874. The number of hydrogen-bond donors (Lipinski definition) is 1. The molecule has 0 unspecified atom stereocenters. The maximum Gasteiger partial charge on any atom is 0.335 e. The van der Waals surface area contributed by atoms with E-state index in [0.717, 1.165) is 54.2 Å². The zero-order valence-electron chi connectivity index (χ0n) is 30.3. The van der Waals surface area contributed by atoms with Crippen LogP contribution >= 0.6 is 0 Å². The molecular weight excluding hydrogens is 783 g/mol. The van der Waals surface area contributed by atoms with Gasteiger partial charge in [0, 0.05) is 17.7 Å². The molecule has 0 atom stereocenters. The smallest absolute Gasteiger partial charge is 0.335 e. The summed E-state index contributed by atoms with van der Waals surface area (Å²) in [4.78, 5) is 24.9. The Kier molecular flexibility index (Phi) is 11.6. The molecule has 1 N–H and O–H groups in total. The van der Waals surface area contributed by atoms with Crippen molar-refractivity contribution in [3.05, 3.63) is 122 Å². The van der Waals surface area contributed by atoms with Crippen molar-refractivity contribution in [2.45, 2.75) is 69.9 Å². The fraction of sp³-hybridized carbons (Fsp3) is 0.316. The van der Waals surface area contributed by atoms with Crippen molar-refractivity contribution >= 4 is 27.6 Å². The Morgan fingerprint density at radius 1 is 0.786 bits per heavy atom. The number of hydrogen-bond acceptors (Lipinski definition) is 5. The number of aromatic carboxylic acids is 1. The Bertz CT molecular complexity index is 2320. The molecule has 5 rings (SSSR count). The maximum absolute atomic E-state index is 15.4. The molecule has 1 fully saturated rings. The molecule has 8 nitrogen and oxygen atoms in total. The minimum atomic E-state index is -6.10. The zero-order chi connectivity index (χ0) is 41.8. The van der Waals surface area contributed by atoms with Gasteiger partial charge in [0.05, 0.1) is 31.5 Å². The minimum Gasteiger partial charge on any atom is -0.495 e. The minimum absolute atomic E-state index is 0.177. The van der Waals surface area contributed by atoms with Crippen molar-refractivity contribution in [1.29, 1.82) is 0 Å². The van der Waals surface area contributed by atoms with Gasteiger partial charge in [-0.2, -0.15) is 4.31 Å². The van der Waals surface area contributed by atoms with E-state index in [9.17, 15) is 45.1 Å². The molecule has 18 heteroatoms. The van der Waals surface area contributed by atoms with Gasteiger partial charge in [0.25, 0.3) is 0 Å². The first-order valence-electron chi connectivity index (χ1n) is 16.7. The van der Waals surface area contributed by atoms with Gasteiger partial charge in [-0.15, -0.1) is 0 Å². The van der Waals surface area contributed by atoms with Gasteiger partial charge < -0.3 is 14.7 Å². The molecule has 0 bridgehead atoms. The van der Waals surface area contributed by atoms with E-state index in [0.29, 0.717) is 12.5 Å². The van der Waals surface area contributed by atoms with Crippen LogP contribution in [0.3, 0.4) is 0 Å². The molecule has 1 aliphatic carbocycles. The molecule has 0 aromatic heterocycles. The van der Waals surface area contributed by atoms with E-state index in [4.69, 9.17) is 4.74 Å². The molecule has 56 heavy (non-hydrogen) atoms. The second-order valence-corrected chi connectivity index (χ2v) is 16.1. The van der Waals surface area contributed by atoms with E-state index in [1.54, 1.807) is 12.1 Å². The maximum atomic E-state index is 15.4. The number of benzene rings is 4. The number of amides is 1. The highest BCUT2D eigenvalue weighted by molar-refractivity contribution is 7.89. The first kappa shape index (κ1) is 42.1. The molecule has 0 radical (unpaired) electrons. The first-order valence-corrected chi connectivity index (χ1v) is 18.1. The van der Waals surface area contributed by atoms with Crippen molar-refractivity contribution in [3.63, 3.8) is 0 Å². The topological polar surface area (TPSA) is 104 Å². The second kappa shape index (κ2) is 15.4. The lowest BCUT2D eigenvalue weighted by Gasteiger charge is -2.30. The Hall–Kier alpha value is -5.10. The van der Waals surface area contributed by atoms with Gasteiger partial charge >= 0.3 is 5.97 Å². The summed E-state index contributed by atoms with van der Waals surface area (Å²) in [7, 11) is -4.99. The number of rotatable bonds is 12. The fourth-order valence-electron chi connectivity index (χ4n) is 5.93. The molecule has 0 saturated heterocycles. The van der Waals surface area contributed by atoms with E-state index in [-0.39, 0.29) is 27.2 Å². The fourth-order valence-corrected chi connectivity index (χ4v) is 7.46. The third-order valence-electron chi connectivity index (χ3n) is 9.28. The Morgan fingerprint density at radius 3 is 1.89 bits per heavy atom. The summed E-state index contributed by atoms with van der Waals surface area (Å²) in [5.41, 5.74) is -2.06. The monoisotopic (exact) mass is 816 g/mol. The van der Waals surface area contributed by atoms with Crippen molar-refractivity contribution < 1.29 is 67.4 Å². The van der Waals surface area contributed by atoms with Crippen LogP contribution in [-0.4, -0.2) is 43.4 Å². The lowest BCUT2D eigenvalue weighted by molar-refractivity contribution is -0.119. The molecular formula is C38H33F9N2O6S. The van der Waals surface area contributed by atoms with Crippen LogP contribution in [0.15, 0.2) is 41.3 Å². The molecule has 0 heterocycles. The summed E-state index contributed by atoms with van der Waals surface area (Å²) in [5, 5.41) is 9.57. The van der Waals surface area contributed by atoms with E-state index >= 15 is 17.6 Å². The number of sulfonamides is 1. The van der Waals surface area contributed by atoms with Crippen molar-refractivity contribution in [3.8, 4) is 5.75 Å². The van der Waals surface area contributed by atoms with Crippen molar-refractivity contribution in [2.24, 2.45) is 0 Å². The molecule has 4 aromatic carbocycles. The predicted molar refractivity (Wildman–Crippen MR) is 183 cm³/mol. The van der Waals surface area contributed by atoms with Crippen LogP contribution in [0.5, 0.6) is 5.75 Å². The Labute approximate surface area is 315 Å². The van der Waals surface area contributed by atoms with E-state index in [1.165, 1.54) is 0 Å². The SMILES string of the molecule is COc1cc(C(=O)O)ccc1N(Cc1cc(C2CC2)cc(C(C)(C)C)c1)C(=O)CN(Cc1c(F)c(F)c(F)c(F)c1F)S(=O)(=O)c1c(F)c(C)c(F)c(F)c1F. The molecule has 0 aliphatic heterocycles. The molecule has 4 aromatic rings. The number of carbonyl (C=O) groups excluding carboxylic acids is 1. The molecule has 1 amide bonds. The Morgan fingerprint density at radius 2 is 1.36 bits per heavy atom. The van der Waals surface area contributed by atoms with Crippen LogP contribution in [0.25, 0.3) is 0 Å². The average Bonchev–Trinajstić information content (AvgIpc) is 4.00. The number of carbonyl (C=O) groups is 2. The second-order valence-electron chi connectivity index (χ2n) is 14.2. The summed E-state index contributed by atoms with van der Waals surface area (Å²) in [6.45, 7) is 2.19. The summed E-state index contributed by atoms with van der Waals surface area (Å²) in [6.07, 6.45) is 1.72. The predicted octanol–water partition coefficient (Wildman–Crippen LogP) is 8.55. The van der Waals surface area contributed by atoms with Gasteiger partial charge in [0.1, 0.15) is 5.75 Å². The molecule has 1 saturated carbocycles. The lowest BCUT2D eigenvalue weighted by atomic mass is 9.84. The summed E-state index contributed by atoms with van der Waals surface area (Å²) < 4.78 is 165. The van der Waals surface area contributed by atoms with Crippen LogP contribution in [-0.2, 0) is 33.3 Å². The van der Waals surface area contributed by atoms with Gasteiger partial charge in [-0.25, -0.2) is 52.7 Å².